The Bertz CT molecular complexity index is 1880. The topological polar surface area (TPSA) is 8.82 Å². The molecule has 0 saturated heterocycles. The van der Waals surface area contributed by atoms with Crippen molar-refractivity contribution in [3.8, 4) is 0 Å². The molecule has 0 N–H and O–H groups in total. The van der Waals surface area contributed by atoms with Crippen molar-refractivity contribution in [1.29, 1.82) is 0 Å². The van der Waals surface area contributed by atoms with E-state index in [4.69, 9.17) is 0 Å². The average Bonchev–Trinajstić information content (AvgIpc) is 3.78. The van der Waals surface area contributed by atoms with E-state index in [9.17, 15) is 0 Å². The van der Waals surface area contributed by atoms with Gasteiger partial charge in [0.2, 0.25) is 0 Å². The molecule has 0 spiro atoms. The Morgan fingerprint density at radius 1 is 0.300 bits per heavy atom. The number of hydrogen-bond acceptors (Lipinski definition) is 0. The highest BCUT2D eigenvalue weighted by atomic mass is 14.9. The molecular formula is C38H40N2. The van der Waals surface area contributed by atoms with E-state index >= 15 is 0 Å². The first kappa shape index (κ1) is 27.3. The first-order chi connectivity index (χ1) is 19.9. The number of benzene rings is 5. The van der Waals surface area contributed by atoms with E-state index in [0.29, 0.717) is 0 Å². The van der Waals surface area contributed by atoms with E-state index in [0.717, 1.165) is 0 Å². The van der Waals surface area contributed by atoms with Gasteiger partial charge in [0.1, 0.15) is 0 Å². The van der Waals surface area contributed by atoms with E-state index < -0.39 is 0 Å². The third-order valence-electron chi connectivity index (χ3n) is 7.55. The molecule has 0 aliphatic heterocycles. The molecule has 40 heavy (non-hydrogen) atoms. The summed E-state index contributed by atoms with van der Waals surface area (Å²) in [6.07, 6.45) is 0. The normalized spacial score (nSPS) is 11.0. The minimum Gasteiger partial charge on any atom is -0.308 e. The zero-order chi connectivity index (χ0) is 28.6. The second kappa shape index (κ2) is 11.1. The lowest BCUT2D eigenvalue weighted by Gasteiger charge is -2.02. The van der Waals surface area contributed by atoms with Gasteiger partial charge in [-0.1, -0.05) is 128 Å². The van der Waals surface area contributed by atoms with Crippen LogP contribution in [0.25, 0.3) is 76.2 Å². The van der Waals surface area contributed by atoms with E-state index in [2.05, 4.69) is 106 Å². The number of nitrogens with zero attached hydrogens (tertiary/aromatic N) is 2. The minimum absolute atomic E-state index is 1.29. The molecule has 0 aliphatic rings. The molecule has 0 bridgehead atoms. The van der Waals surface area contributed by atoms with E-state index in [1.165, 1.54) is 76.2 Å². The van der Waals surface area contributed by atoms with Gasteiger partial charge in [-0.3, -0.25) is 0 Å². The van der Waals surface area contributed by atoms with Crippen LogP contribution in [0.3, 0.4) is 0 Å². The second-order valence-corrected chi connectivity index (χ2v) is 8.94. The number of hydrogen-bond donors (Lipinski definition) is 0. The first-order valence-electron chi connectivity index (χ1n) is 15.2. The van der Waals surface area contributed by atoms with Gasteiger partial charge >= 0.3 is 0 Å². The molecule has 5 aromatic carbocycles. The summed E-state index contributed by atoms with van der Waals surface area (Å²) in [5, 5.41) is 10.9. The monoisotopic (exact) mass is 524 g/mol. The van der Waals surface area contributed by atoms with Crippen LogP contribution in [0.15, 0.2) is 97.1 Å². The summed E-state index contributed by atoms with van der Waals surface area (Å²) in [5.74, 6) is 0. The van der Waals surface area contributed by atoms with Crippen molar-refractivity contribution >= 4 is 76.2 Å². The van der Waals surface area contributed by atoms with Gasteiger partial charge in [-0.05, 0) is 24.3 Å². The smallest absolute Gasteiger partial charge is 0.0634 e. The van der Waals surface area contributed by atoms with E-state index in [1.54, 1.807) is 0 Å². The van der Waals surface area contributed by atoms with Gasteiger partial charge in [0, 0.05) is 43.1 Å². The van der Waals surface area contributed by atoms with Gasteiger partial charge < -0.3 is 8.80 Å². The van der Waals surface area contributed by atoms with Crippen LogP contribution in [-0.2, 0) is 0 Å². The number of rotatable bonds is 0. The fourth-order valence-corrected chi connectivity index (χ4v) is 6.48. The van der Waals surface area contributed by atoms with Crippen LogP contribution in [0, 0.1) is 0 Å². The summed E-state index contributed by atoms with van der Waals surface area (Å²) in [4.78, 5) is 0. The number of para-hydroxylation sites is 4. The molecule has 0 fully saturated rings. The maximum atomic E-state index is 2.50. The maximum Gasteiger partial charge on any atom is 0.0634 e. The van der Waals surface area contributed by atoms with Crippen LogP contribution in [0.5, 0.6) is 0 Å². The highest BCUT2D eigenvalue weighted by Gasteiger charge is 2.27. The fraction of sp³-hybridized carbons (Fsp3) is 0.211. The molecule has 2 heteroatoms. The van der Waals surface area contributed by atoms with Crippen molar-refractivity contribution in [1.82, 2.24) is 8.80 Å². The predicted octanol–water partition coefficient (Wildman–Crippen LogP) is 12.1. The lowest BCUT2D eigenvalue weighted by molar-refractivity contribution is 1.37. The summed E-state index contributed by atoms with van der Waals surface area (Å²) in [7, 11) is 0. The molecule has 2 nitrogen and oxygen atoms in total. The molecule has 202 valence electrons. The molecule has 0 unspecified atom stereocenters. The predicted molar refractivity (Wildman–Crippen MR) is 181 cm³/mol. The van der Waals surface area contributed by atoms with Gasteiger partial charge in [0.15, 0.2) is 0 Å². The highest BCUT2D eigenvalue weighted by molar-refractivity contribution is 6.45. The van der Waals surface area contributed by atoms with Gasteiger partial charge in [0.05, 0.1) is 33.1 Å². The third kappa shape index (κ3) is 3.35. The summed E-state index contributed by atoms with van der Waals surface area (Å²) in [6.45, 7) is 16.0. The van der Waals surface area contributed by atoms with Gasteiger partial charge in [-0.15, -0.1) is 0 Å². The van der Waals surface area contributed by atoms with Crippen LogP contribution in [0.2, 0.25) is 0 Å². The zero-order valence-corrected chi connectivity index (χ0v) is 25.1. The zero-order valence-electron chi connectivity index (χ0n) is 25.1. The molecular weight excluding hydrogens is 484 g/mol. The molecule has 4 heterocycles. The largest absolute Gasteiger partial charge is 0.308 e. The molecule has 9 aromatic rings. The van der Waals surface area contributed by atoms with Crippen LogP contribution in [0.1, 0.15) is 55.4 Å². The van der Waals surface area contributed by atoms with Crippen molar-refractivity contribution in [2.45, 2.75) is 55.4 Å². The first-order valence-corrected chi connectivity index (χ1v) is 15.2. The SMILES string of the molecule is CC.CC.CC.CC.c1ccc2c(c1)c1c3c4ccccc4n4c5ccccc5c(c5c6ccccc6n2c15)c34. The molecule has 0 aliphatic carbocycles. The summed E-state index contributed by atoms with van der Waals surface area (Å²) in [5.41, 5.74) is 7.87. The lowest BCUT2D eigenvalue weighted by atomic mass is 9.98. The summed E-state index contributed by atoms with van der Waals surface area (Å²) < 4.78 is 5.00. The van der Waals surface area contributed by atoms with Crippen LogP contribution < -0.4 is 0 Å². The van der Waals surface area contributed by atoms with Crippen molar-refractivity contribution < 1.29 is 0 Å². The third-order valence-corrected chi connectivity index (χ3v) is 7.55. The van der Waals surface area contributed by atoms with Gasteiger partial charge in [-0.25, -0.2) is 0 Å². The molecule has 9 rings (SSSR count). The average molecular weight is 525 g/mol. The Labute approximate surface area is 237 Å². The minimum atomic E-state index is 1.29. The quantitative estimate of drug-likeness (QED) is 0.186. The Morgan fingerprint density at radius 2 is 0.500 bits per heavy atom. The Morgan fingerprint density at radius 3 is 0.725 bits per heavy atom. The highest BCUT2D eigenvalue weighted by Crippen LogP contribution is 2.51. The summed E-state index contributed by atoms with van der Waals surface area (Å²) >= 11 is 0. The molecule has 0 atom stereocenters. The van der Waals surface area contributed by atoms with Crippen LogP contribution >= 0.6 is 0 Å². The molecule has 0 radical (unpaired) electrons. The second-order valence-electron chi connectivity index (χ2n) is 8.94. The van der Waals surface area contributed by atoms with E-state index in [1.807, 2.05) is 55.4 Å². The van der Waals surface area contributed by atoms with Crippen LogP contribution in [-0.4, -0.2) is 8.80 Å². The molecule has 0 amide bonds. The van der Waals surface area contributed by atoms with Crippen molar-refractivity contribution in [2.75, 3.05) is 0 Å². The molecule has 0 saturated carbocycles. The number of aromatic nitrogens is 2. The Balaban J connectivity index is 0.000000374. The summed E-state index contributed by atoms with van der Waals surface area (Å²) in [6, 6.07) is 35.6. The van der Waals surface area contributed by atoms with Gasteiger partial charge in [-0.2, -0.15) is 0 Å². The van der Waals surface area contributed by atoms with E-state index in [-0.39, 0.29) is 0 Å². The lowest BCUT2D eigenvalue weighted by Crippen LogP contribution is -1.79. The van der Waals surface area contributed by atoms with Crippen molar-refractivity contribution in [2.24, 2.45) is 0 Å². The Kier molecular flexibility index (Phi) is 7.54. The Hall–Kier alpha value is -4.30. The standard InChI is InChI=1S/C30H16N2.4C2H6/c1-5-13-21-17(9-1)25-26-18-10-2-7-15-23(18)32-24-16-8-4-12-20(24)28(30(26)32)27-19-11-3-6-14-22(19)31(21)29(25)27;4*1-2/h1-16H;4*1-2H3. The fourth-order valence-electron chi connectivity index (χ4n) is 6.48. The van der Waals surface area contributed by atoms with Crippen molar-refractivity contribution in [3.05, 3.63) is 97.1 Å². The molecule has 4 aromatic heterocycles. The van der Waals surface area contributed by atoms with Crippen molar-refractivity contribution in [3.63, 3.8) is 0 Å². The van der Waals surface area contributed by atoms with Crippen LogP contribution in [0.4, 0.5) is 0 Å². The maximum absolute atomic E-state index is 2.50. The van der Waals surface area contributed by atoms with Gasteiger partial charge in [0.25, 0.3) is 0 Å². The number of fused-ring (bicyclic) bond motifs is 14.